The lowest BCUT2D eigenvalue weighted by Crippen LogP contribution is -2.36. The summed E-state index contributed by atoms with van der Waals surface area (Å²) in [5.41, 5.74) is 0.815. The van der Waals surface area contributed by atoms with E-state index in [0.717, 1.165) is 5.56 Å². The zero-order valence-electron chi connectivity index (χ0n) is 15.3. The minimum absolute atomic E-state index is 0.0358. The number of rotatable bonds is 5. The van der Waals surface area contributed by atoms with E-state index in [2.05, 4.69) is 16.6 Å². The van der Waals surface area contributed by atoms with Crippen molar-refractivity contribution in [2.24, 2.45) is 11.3 Å². The maximum atomic E-state index is 12.9. The van der Waals surface area contributed by atoms with Gasteiger partial charge in [0.15, 0.2) is 0 Å². The molecule has 144 valence electrons. The highest BCUT2D eigenvalue weighted by Crippen LogP contribution is 2.53. The Labute approximate surface area is 163 Å². The standard InChI is InChI=1S/C21H20N2O4S/c1-3-14-12-21(14,2)20(25)23-28(26,27)16-11-7-10-15-17(19(24)22-18(15)16)13-8-5-4-6-9-13/h3-11,14,17H,1,12H2,2H3,(H,22,24)(H,23,25)/t14-,17?,21+/m1/s1. The number of carbonyl (C=O) groups is 2. The van der Waals surface area contributed by atoms with E-state index >= 15 is 0 Å². The summed E-state index contributed by atoms with van der Waals surface area (Å²) in [6, 6.07) is 13.9. The number of para-hydroxylation sites is 1. The molecule has 2 aromatic rings. The van der Waals surface area contributed by atoms with Gasteiger partial charge in [-0.15, -0.1) is 6.58 Å². The molecule has 2 aliphatic rings. The van der Waals surface area contributed by atoms with Crippen LogP contribution in [-0.4, -0.2) is 20.2 Å². The fourth-order valence-corrected chi connectivity index (χ4v) is 5.04. The van der Waals surface area contributed by atoms with Crippen molar-refractivity contribution in [1.29, 1.82) is 0 Å². The van der Waals surface area contributed by atoms with Gasteiger partial charge in [-0.05, 0) is 29.5 Å². The molecule has 1 unspecified atom stereocenters. The maximum Gasteiger partial charge on any atom is 0.266 e. The second-order valence-electron chi connectivity index (χ2n) is 7.45. The highest BCUT2D eigenvalue weighted by atomic mass is 32.2. The molecule has 1 saturated carbocycles. The Morgan fingerprint density at radius 3 is 2.57 bits per heavy atom. The zero-order chi connectivity index (χ0) is 20.1. The van der Waals surface area contributed by atoms with Gasteiger partial charge in [-0.3, -0.25) is 9.59 Å². The van der Waals surface area contributed by atoms with Crippen molar-refractivity contribution in [3.05, 3.63) is 72.3 Å². The van der Waals surface area contributed by atoms with Crippen molar-refractivity contribution in [3.8, 4) is 0 Å². The van der Waals surface area contributed by atoms with E-state index in [0.29, 0.717) is 12.0 Å². The summed E-state index contributed by atoms with van der Waals surface area (Å²) in [4.78, 5) is 25.0. The third kappa shape index (κ3) is 2.82. The summed E-state index contributed by atoms with van der Waals surface area (Å²) in [5.74, 6) is -1.48. The van der Waals surface area contributed by atoms with E-state index in [1.54, 1.807) is 25.1 Å². The summed E-state index contributed by atoms with van der Waals surface area (Å²) in [7, 11) is -4.14. The Balaban J connectivity index is 1.69. The highest BCUT2D eigenvalue weighted by molar-refractivity contribution is 7.90. The first-order valence-corrected chi connectivity index (χ1v) is 10.4. The molecule has 3 atom stereocenters. The Bertz CT molecular complexity index is 1090. The summed E-state index contributed by atoms with van der Waals surface area (Å²) in [6.45, 7) is 5.39. The Morgan fingerprint density at radius 2 is 1.93 bits per heavy atom. The number of carbonyl (C=O) groups excluding carboxylic acids is 2. The predicted octanol–water partition coefficient (Wildman–Crippen LogP) is 2.79. The molecular weight excluding hydrogens is 376 g/mol. The molecule has 0 aromatic heterocycles. The van der Waals surface area contributed by atoms with Gasteiger partial charge in [0, 0.05) is 0 Å². The van der Waals surface area contributed by atoms with Gasteiger partial charge in [0.1, 0.15) is 4.90 Å². The molecule has 7 heteroatoms. The summed E-state index contributed by atoms with van der Waals surface area (Å²) in [6.07, 6.45) is 2.23. The number of benzene rings is 2. The van der Waals surface area contributed by atoms with E-state index in [4.69, 9.17) is 0 Å². The van der Waals surface area contributed by atoms with Gasteiger partial charge in [0.25, 0.3) is 10.0 Å². The molecule has 28 heavy (non-hydrogen) atoms. The quantitative estimate of drug-likeness (QED) is 0.760. The predicted molar refractivity (Wildman–Crippen MR) is 105 cm³/mol. The molecule has 6 nitrogen and oxygen atoms in total. The average Bonchev–Trinajstić information content (AvgIpc) is 3.23. The lowest BCUT2D eigenvalue weighted by atomic mass is 9.93. The Hall–Kier alpha value is -2.93. The van der Waals surface area contributed by atoms with Crippen LogP contribution in [0.1, 0.15) is 30.4 Å². The first-order chi connectivity index (χ1) is 13.3. The first kappa shape index (κ1) is 18.4. The van der Waals surface area contributed by atoms with Gasteiger partial charge in [0.05, 0.1) is 17.0 Å². The SMILES string of the molecule is C=C[C@@H]1C[C@]1(C)C(=O)NS(=O)(=O)c1cccc2c1NC(=O)C2c1ccccc1. The summed E-state index contributed by atoms with van der Waals surface area (Å²) in [5, 5.41) is 2.68. The van der Waals surface area contributed by atoms with Gasteiger partial charge >= 0.3 is 0 Å². The lowest BCUT2D eigenvalue weighted by Gasteiger charge is -2.14. The smallest absolute Gasteiger partial charge is 0.266 e. The van der Waals surface area contributed by atoms with Gasteiger partial charge in [-0.25, -0.2) is 13.1 Å². The van der Waals surface area contributed by atoms with Crippen LogP contribution in [0.4, 0.5) is 5.69 Å². The third-order valence-electron chi connectivity index (χ3n) is 5.63. The highest BCUT2D eigenvalue weighted by Gasteiger charge is 2.55. The largest absolute Gasteiger partial charge is 0.324 e. The number of anilines is 1. The second kappa shape index (κ2) is 6.31. The van der Waals surface area contributed by atoms with Crippen LogP contribution in [-0.2, 0) is 19.6 Å². The molecule has 2 amide bonds. The normalized spacial score (nSPS) is 25.5. The van der Waals surface area contributed by atoms with Crippen molar-refractivity contribution < 1.29 is 18.0 Å². The number of fused-ring (bicyclic) bond motifs is 1. The Kier molecular flexibility index (Phi) is 4.15. The van der Waals surface area contributed by atoms with Crippen LogP contribution < -0.4 is 10.0 Å². The number of hydrogen-bond donors (Lipinski definition) is 2. The number of hydrogen-bond acceptors (Lipinski definition) is 4. The van der Waals surface area contributed by atoms with Gasteiger partial charge in [0.2, 0.25) is 11.8 Å². The number of sulfonamides is 1. The maximum absolute atomic E-state index is 12.9. The van der Waals surface area contributed by atoms with Crippen molar-refractivity contribution in [3.63, 3.8) is 0 Å². The molecule has 0 bridgehead atoms. The van der Waals surface area contributed by atoms with Crippen LogP contribution in [0.15, 0.2) is 66.1 Å². The molecule has 0 spiro atoms. The lowest BCUT2D eigenvalue weighted by molar-refractivity contribution is -0.124. The van der Waals surface area contributed by atoms with E-state index in [9.17, 15) is 18.0 Å². The van der Waals surface area contributed by atoms with E-state index in [1.165, 1.54) is 6.07 Å². The van der Waals surface area contributed by atoms with Crippen LogP contribution in [0.3, 0.4) is 0 Å². The number of nitrogens with one attached hydrogen (secondary N) is 2. The van der Waals surface area contributed by atoms with Gasteiger partial charge < -0.3 is 5.32 Å². The number of allylic oxidation sites excluding steroid dienone is 1. The fraction of sp³-hybridized carbons (Fsp3) is 0.238. The molecule has 0 saturated heterocycles. The van der Waals surface area contributed by atoms with Crippen molar-refractivity contribution >= 4 is 27.5 Å². The Morgan fingerprint density at radius 1 is 1.21 bits per heavy atom. The van der Waals surface area contributed by atoms with Crippen molar-refractivity contribution in [2.45, 2.75) is 24.2 Å². The topological polar surface area (TPSA) is 92.3 Å². The van der Waals surface area contributed by atoms with Crippen molar-refractivity contribution in [1.82, 2.24) is 4.72 Å². The molecule has 1 heterocycles. The van der Waals surface area contributed by atoms with Crippen LogP contribution in [0.25, 0.3) is 0 Å². The number of amides is 2. The second-order valence-corrected chi connectivity index (χ2v) is 9.10. The van der Waals surface area contributed by atoms with Gasteiger partial charge in [-0.2, -0.15) is 0 Å². The third-order valence-corrected chi connectivity index (χ3v) is 7.01. The van der Waals surface area contributed by atoms with Gasteiger partial charge in [-0.1, -0.05) is 55.5 Å². The first-order valence-electron chi connectivity index (χ1n) is 8.96. The minimum atomic E-state index is -4.14. The zero-order valence-corrected chi connectivity index (χ0v) is 16.1. The van der Waals surface area contributed by atoms with Crippen molar-refractivity contribution in [2.75, 3.05) is 5.32 Å². The van der Waals surface area contributed by atoms with E-state index < -0.39 is 27.3 Å². The monoisotopic (exact) mass is 396 g/mol. The molecule has 4 rings (SSSR count). The summed E-state index contributed by atoms with van der Waals surface area (Å²) < 4.78 is 28.0. The molecule has 1 fully saturated rings. The molecule has 1 aliphatic heterocycles. The van der Waals surface area contributed by atoms with Crippen LogP contribution in [0.5, 0.6) is 0 Å². The molecular formula is C21H20N2O4S. The van der Waals surface area contributed by atoms with E-state index in [1.807, 2.05) is 30.3 Å². The minimum Gasteiger partial charge on any atom is -0.324 e. The molecule has 1 aliphatic carbocycles. The molecule has 2 N–H and O–H groups in total. The summed E-state index contributed by atoms with van der Waals surface area (Å²) >= 11 is 0. The van der Waals surface area contributed by atoms with Crippen LogP contribution in [0, 0.1) is 11.3 Å². The van der Waals surface area contributed by atoms with Crippen LogP contribution in [0.2, 0.25) is 0 Å². The van der Waals surface area contributed by atoms with E-state index in [-0.39, 0.29) is 22.4 Å². The molecule has 2 aromatic carbocycles. The molecule has 0 radical (unpaired) electrons. The average molecular weight is 396 g/mol. The van der Waals surface area contributed by atoms with Crippen LogP contribution >= 0.6 is 0 Å². The fourth-order valence-electron chi connectivity index (χ4n) is 3.76.